The summed E-state index contributed by atoms with van der Waals surface area (Å²) in [5, 5.41) is 0.391. The molecule has 0 spiro atoms. The highest BCUT2D eigenvalue weighted by Gasteiger charge is 2.21. The van der Waals surface area contributed by atoms with Gasteiger partial charge in [0, 0.05) is 0 Å². The number of imidazole rings is 1. The molecule has 0 unspecified atom stereocenters. The molecule has 4 nitrogen and oxygen atoms in total. The van der Waals surface area contributed by atoms with E-state index < -0.39 is 0 Å². The van der Waals surface area contributed by atoms with Crippen LogP contribution in [-0.2, 0) is 0 Å². The molecular formula is C23H24ClN4+. The van der Waals surface area contributed by atoms with Crippen molar-refractivity contribution in [3.8, 4) is 11.5 Å². The summed E-state index contributed by atoms with van der Waals surface area (Å²) in [6.07, 6.45) is 6.06. The Balaban J connectivity index is 1.87. The van der Waals surface area contributed by atoms with Crippen molar-refractivity contribution in [2.45, 2.75) is 39.5 Å². The third-order valence-electron chi connectivity index (χ3n) is 4.99. The predicted molar refractivity (Wildman–Crippen MR) is 114 cm³/mol. The highest BCUT2D eigenvalue weighted by atomic mass is 35.5. The molecule has 4 rings (SSSR count). The van der Waals surface area contributed by atoms with Gasteiger partial charge in [-0.05, 0) is 35.1 Å². The first-order valence-corrected chi connectivity index (χ1v) is 9.98. The van der Waals surface area contributed by atoms with Crippen LogP contribution in [0.3, 0.4) is 0 Å². The van der Waals surface area contributed by atoms with Crippen LogP contribution in [0.15, 0.2) is 61.2 Å². The Morgan fingerprint density at radius 1 is 0.857 bits per heavy atom. The Kier molecular flexibility index (Phi) is 4.90. The molecule has 2 heterocycles. The maximum atomic E-state index is 6.45. The summed E-state index contributed by atoms with van der Waals surface area (Å²) < 4.78 is 4.10. The summed E-state index contributed by atoms with van der Waals surface area (Å²) in [5.41, 5.74) is 5.50. The minimum atomic E-state index is 0.391. The lowest BCUT2D eigenvalue weighted by Crippen LogP contribution is -2.30. The molecule has 2 aromatic carbocycles. The molecule has 0 aliphatic rings. The zero-order valence-corrected chi connectivity index (χ0v) is 17.4. The Morgan fingerprint density at radius 2 is 1.46 bits per heavy atom. The molecule has 28 heavy (non-hydrogen) atoms. The van der Waals surface area contributed by atoms with Crippen LogP contribution in [0.1, 0.15) is 50.7 Å². The third-order valence-corrected chi connectivity index (χ3v) is 5.25. The Bertz CT molecular complexity index is 1120. The van der Waals surface area contributed by atoms with Gasteiger partial charge in [-0.2, -0.15) is 0 Å². The van der Waals surface area contributed by atoms with E-state index in [2.05, 4.69) is 61.6 Å². The van der Waals surface area contributed by atoms with Gasteiger partial charge in [-0.3, -0.25) is 0 Å². The summed E-state index contributed by atoms with van der Waals surface area (Å²) in [6, 6.07) is 14.3. The van der Waals surface area contributed by atoms with E-state index >= 15 is 0 Å². The number of benzene rings is 2. The van der Waals surface area contributed by atoms with Gasteiger partial charge in [0.15, 0.2) is 11.8 Å². The van der Waals surface area contributed by atoms with Crippen molar-refractivity contribution in [2.75, 3.05) is 0 Å². The van der Waals surface area contributed by atoms with Crippen LogP contribution in [-0.4, -0.2) is 14.5 Å². The second kappa shape index (κ2) is 7.36. The topological polar surface area (TPSA) is 34.6 Å². The molecule has 0 fully saturated rings. The van der Waals surface area contributed by atoms with Gasteiger partial charge in [-0.25, -0.2) is 14.1 Å². The fourth-order valence-electron chi connectivity index (χ4n) is 3.56. The highest BCUT2D eigenvalue weighted by molar-refractivity contribution is 6.31. The van der Waals surface area contributed by atoms with E-state index in [0.717, 1.165) is 11.0 Å². The van der Waals surface area contributed by atoms with Gasteiger partial charge in [0.05, 0.1) is 6.20 Å². The van der Waals surface area contributed by atoms with Gasteiger partial charge < -0.3 is 0 Å². The predicted octanol–water partition coefficient (Wildman–Crippen LogP) is 5.60. The average Bonchev–Trinajstić information content (AvgIpc) is 3.16. The van der Waals surface area contributed by atoms with Gasteiger partial charge in [-0.15, -0.1) is 0 Å². The van der Waals surface area contributed by atoms with Gasteiger partial charge in [0.25, 0.3) is 0 Å². The van der Waals surface area contributed by atoms with Crippen LogP contribution in [0.4, 0.5) is 0 Å². The molecule has 0 aliphatic heterocycles. The number of para-hydroxylation sites is 3. The fraction of sp³-hybridized carbons (Fsp3) is 0.261. The molecule has 0 saturated carbocycles. The first-order chi connectivity index (χ1) is 13.5. The number of fused-ring (bicyclic) bond motifs is 1. The minimum absolute atomic E-state index is 0.391. The van der Waals surface area contributed by atoms with Crippen molar-refractivity contribution in [2.24, 2.45) is 0 Å². The molecule has 0 saturated heterocycles. The van der Waals surface area contributed by atoms with Crippen LogP contribution in [0.5, 0.6) is 0 Å². The maximum Gasteiger partial charge on any atom is 0.305 e. The molecule has 0 bridgehead atoms. The second-order valence-electron chi connectivity index (χ2n) is 7.65. The van der Waals surface area contributed by atoms with E-state index in [1.807, 2.05) is 41.4 Å². The van der Waals surface area contributed by atoms with Crippen molar-refractivity contribution in [1.29, 1.82) is 0 Å². The lowest BCUT2D eigenvalue weighted by Gasteiger charge is -2.17. The van der Waals surface area contributed by atoms with Gasteiger partial charge in [-0.1, -0.05) is 74.6 Å². The number of rotatable bonds is 4. The van der Waals surface area contributed by atoms with E-state index in [1.54, 1.807) is 0 Å². The standard InChI is InChI=1S/C23H24ClN4/c1-15(2)17-8-7-9-18(16(3)4)21(17)27-12-13-28(14-27)23-22(24)25-19-10-5-6-11-20(19)26-23/h5-16H,1-4H3/q+1. The van der Waals surface area contributed by atoms with Crippen LogP contribution >= 0.6 is 11.6 Å². The normalized spacial score (nSPS) is 11.7. The minimum Gasteiger partial charge on any atom is -0.236 e. The Morgan fingerprint density at radius 3 is 2.07 bits per heavy atom. The molecule has 142 valence electrons. The van der Waals surface area contributed by atoms with Gasteiger partial charge in [0.2, 0.25) is 5.15 Å². The van der Waals surface area contributed by atoms with Crippen LogP contribution in [0, 0.1) is 0 Å². The molecule has 0 radical (unpaired) electrons. The van der Waals surface area contributed by atoms with Crippen LogP contribution in [0.2, 0.25) is 5.15 Å². The molecule has 0 aliphatic carbocycles. The van der Waals surface area contributed by atoms with Crippen LogP contribution < -0.4 is 4.57 Å². The molecule has 0 atom stereocenters. The Labute approximate surface area is 170 Å². The number of hydrogen-bond donors (Lipinski definition) is 0. The second-order valence-corrected chi connectivity index (χ2v) is 8.01. The average molecular weight is 392 g/mol. The quantitative estimate of drug-likeness (QED) is 0.424. The van der Waals surface area contributed by atoms with E-state index in [4.69, 9.17) is 16.6 Å². The zero-order valence-electron chi connectivity index (χ0n) is 16.6. The molecule has 5 heteroatoms. The first-order valence-electron chi connectivity index (χ1n) is 9.60. The summed E-state index contributed by atoms with van der Waals surface area (Å²) in [6.45, 7) is 8.91. The first kappa shape index (κ1) is 18.6. The zero-order chi connectivity index (χ0) is 19.8. The number of halogens is 1. The summed E-state index contributed by atoms with van der Waals surface area (Å²) >= 11 is 6.45. The van der Waals surface area contributed by atoms with Crippen molar-refractivity contribution in [3.05, 3.63) is 77.5 Å². The molecule has 0 amide bonds. The van der Waals surface area contributed by atoms with Crippen molar-refractivity contribution >= 4 is 22.6 Å². The molecule has 4 aromatic rings. The van der Waals surface area contributed by atoms with Gasteiger partial charge >= 0.3 is 5.82 Å². The smallest absolute Gasteiger partial charge is 0.236 e. The summed E-state index contributed by atoms with van der Waals surface area (Å²) in [5.74, 6) is 1.48. The maximum absolute atomic E-state index is 6.45. The van der Waals surface area contributed by atoms with Crippen molar-refractivity contribution in [3.63, 3.8) is 0 Å². The third kappa shape index (κ3) is 3.29. The highest BCUT2D eigenvalue weighted by Crippen LogP contribution is 2.30. The van der Waals surface area contributed by atoms with E-state index in [9.17, 15) is 0 Å². The van der Waals surface area contributed by atoms with Gasteiger partial charge in [0.1, 0.15) is 17.4 Å². The SMILES string of the molecule is CC(C)c1cccc(C(C)C)c1-n1cc[n+](-c2nc3ccccc3nc2Cl)c1. The van der Waals surface area contributed by atoms with E-state index in [0.29, 0.717) is 22.8 Å². The fourth-order valence-corrected chi connectivity index (χ4v) is 3.79. The lowest BCUT2D eigenvalue weighted by molar-refractivity contribution is -0.598. The molecular weight excluding hydrogens is 368 g/mol. The van der Waals surface area contributed by atoms with Crippen LogP contribution in [0.25, 0.3) is 22.5 Å². The van der Waals surface area contributed by atoms with Crippen molar-refractivity contribution < 1.29 is 4.57 Å². The van der Waals surface area contributed by atoms with Crippen molar-refractivity contribution in [1.82, 2.24) is 14.5 Å². The van der Waals surface area contributed by atoms with E-state index in [-0.39, 0.29) is 0 Å². The summed E-state index contributed by atoms with van der Waals surface area (Å²) in [7, 11) is 0. The number of hydrogen-bond acceptors (Lipinski definition) is 2. The molecule has 0 N–H and O–H groups in total. The number of aromatic nitrogens is 4. The van der Waals surface area contributed by atoms with E-state index in [1.165, 1.54) is 16.8 Å². The summed E-state index contributed by atoms with van der Waals surface area (Å²) in [4.78, 5) is 9.22. The number of nitrogens with zero attached hydrogens (tertiary/aromatic N) is 4. The Hall–Kier alpha value is -2.72. The largest absolute Gasteiger partial charge is 0.305 e. The monoisotopic (exact) mass is 391 g/mol. The lowest BCUT2D eigenvalue weighted by atomic mass is 9.92. The molecule has 2 aromatic heterocycles.